The lowest BCUT2D eigenvalue weighted by atomic mass is 10.1. The van der Waals surface area contributed by atoms with E-state index < -0.39 is 25.8 Å². The van der Waals surface area contributed by atoms with E-state index in [1.54, 1.807) is 25.1 Å². The highest BCUT2D eigenvalue weighted by Crippen LogP contribution is 2.30. The third-order valence-electron chi connectivity index (χ3n) is 5.16. The van der Waals surface area contributed by atoms with E-state index in [9.17, 15) is 21.6 Å². The lowest BCUT2D eigenvalue weighted by molar-refractivity contribution is 0.102. The van der Waals surface area contributed by atoms with Gasteiger partial charge in [-0.2, -0.15) is 4.31 Å². The Bertz CT molecular complexity index is 1390. The van der Waals surface area contributed by atoms with Crippen molar-refractivity contribution in [2.75, 3.05) is 24.7 Å². The van der Waals surface area contributed by atoms with Crippen LogP contribution in [-0.2, 0) is 19.9 Å². The number of aryl methyl sites for hydroxylation is 1. The van der Waals surface area contributed by atoms with Gasteiger partial charge >= 0.3 is 0 Å². The number of sulfone groups is 1. The second-order valence-corrected chi connectivity index (χ2v) is 12.4. The molecule has 0 aliphatic carbocycles. The molecule has 1 fully saturated rings. The zero-order valence-electron chi connectivity index (χ0n) is 17.0. The summed E-state index contributed by atoms with van der Waals surface area (Å²) >= 11 is 1.16. The van der Waals surface area contributed by atoms with Crippen molar-refractivity contribution in [3.63, 3.8) is 0 Å². The van der Waals surface area contributed by atoms with E-state index in [0.717, 1.165) is 30.4 Å². The highest BCUT2D eigenvalue weighted by molar-refractivity contribution is 7.90. The van der Waals surface area contributed by atoms with Crippen LogP contribution in [0.15, 0.2) is 46.2 Å². The van der Waals surface area contributed by atoms with Crippen LogP contribution < -0.4 is 5.32 Å². The van der Waals surface area contributed by atoms with Gasteiger partial charge in [0.15, 0.2) is 15.0 Å². The number of carbonyl (C=O) groups excluding carboxylic acids is 1. The van der Waals surface area contributed by atoms with Crippen molar-refractivity contribution < 1.29 is 21.6 Å². The summed E-state index contributed by atoms with van der Waals surface area (Å²) in [4.78, 5) is 17.4. The summed E-state index contributed by atoms with van der Waals surface area (Å²) in [5, 5.41) is 3.00. The molecule has 0 saturated carbocycles. The van der Waals surface area contributed by atoms with Gasteiger partial charge in [-0.25, -0.2) is 21.8 Å². The molecular formula is C20H21N3O5S3. The first kappa shape index (κ1) is 21.9. The fourth-order valence-corrected chi connectivity index (χ4v) is 6.60. The minimum atomic E-state index is -3.54. The molecule has 3 aromatic rings. The molecule has 0 atom stereocenters. The van der Waals surface area contributed by atoms with Gasteiger partial charge in [0.25, 0.3) is 5.91 Å². The van der Waals surface area contributed by atoms with Crippen molar-refractivity contribution in [3.05, 3.63) is 47.5 Å². The van der Waals surface area contributed by atoms with Crippen LogP contribution in [0, 0.1) is 6.92 Å². The molecule has 4 rings (SSSR count). The van der Waals surface area contributed by atoms with Crippen LogP contribution in [0.4, 0.5) is 5.13 Å². The Morgan fingerprint density at radius 2 is 1.71 bits per heavy atom. The summed E-state index contributed by atoms with van der Waals surface area (Å²) in [6.45, 7) is 2.77. The molecule has 0 spiro atoms. The smallest absolute Gasteiger partial charge is 0.257 e. The van der Waals surface area contributed by atoms with Gasteiger partial charge in [-0.1, -0.05) is 17.4 Å². The van der Waals surface area contributed by atoms with Gasteiger partial charge in [0.1, 0.15) is 0 Å². The van der Waals surface area contributed by atoms with Crippen molar-refractivity contribution in [1.82, 2.24) is 9.29 Å². The predicted molar refractivity (Wildman–Crippen MR) is 120 cm³/mol. The largest absolute Gasteiger partial charge is 0.298 e. The third-order valence-corrected chi connectivity index (χ3v) is 9.10. The maximum absolute atomic E-state index is 12.8. The summed E-state index contributed by atoms with van der Waals surface area (Å²) in [6.07, 6.45) is 2.80. The summed E-state index contributed by atoms with van der Waals surface area (Å²) < 4.78 is 51.3. The average molecular weight is 480 g/mol. The lowest BCUT2D eigenvalue weighted by Crippen LogP contribution is -2.27. The molecule has 11 heteroatoms. The molecule has 164 valence electrons. The Labute approximate surface area is 184 Å². The SMILES string of the molecule is Cc1ccc(S(C)(=O)=O)cc1C(=O)Nc1nc2ccc(S(=O)(=O)N3CCCC3)cc2s1. The number of aromatic nitrogens is 1. The number of nitrogens with zero attached hydrogens (tertiary/aromatic N) is 2. The number of hydrogen-bond donors (Lipinski definition) is 1. The van der Waals surface area contributed by atoms with Gasteiger partial charge in [0, 0.05) is 24.9 Å². The van der Waals surface area contributed by atoms with E-state index in [-0.39, 0.29) is 15.4 Å². The third kappa shape index (κ3) is 4.36. The number of fused-ring (bicyclic) bond motifs is 1. The first-order valence-electron chi connectivity index (χ1n) is 9.58. The van der Waals surface area contributed by atoms with E-state index in [4.69, 9.17) is 0 Å². The van der Waals surface area contributed by atoms with Crippen LogP contribution in [0.25, 0.3) is 10.2 Å². The number of nitrogens with one attached hydrogen (secondary N) is 1. The second-order valence-electron chi connectivity index (χ2n) is 7.46. The van der Waals surface area contributed by atoms with Crippen LogP contribution in [0.1, 0.15) is 28.8 Å². The van der Waals surface area contributed by atoms with Crippen LogP contribution in [-0.4, -0.2) is 51.4 Å². The van der Waals surface area contributed by atoms with Gasteiger partial charge in [-0.3, -0.25) is 10.1 Å². The van der Waals surface area contributed by atoms with Crippen molar-refractivity contribution in [3.8, 4) is 0 Å². The highest BCUT2D eigenvalue weighted by Gasteiger charge is 2.27. The van der Waals surface area contributed by atoms with Crippen molar-refractivity contribution in [2.24, 2.45) is 0 Å². The molecule has 0 radical (unpaired) electrons. The topological polar surface area (TPSA) is 114 Å². The summed E-state index contributed by atoms with van der Waals surface area (Å²) in [7, 11) is -6.99. The molecule has 8 nitrogen and oxygen atoms in total. The van der Waals surface area contributed by atoms with E-state index in [0.29, 0.717) is 34.0 Å². The fraction of sp³-hybridized carbons (Fsp3) is 0.300. The molecule has 0 unspecified atom stereocenters. The molecule has 1 N–H and O–H groups in total. The monoisotopic (exact) mass is 479 g/mol. The lowest BCUT2D eigenvalue weighted by Gasteiger charge is -2.15. The van der Waals surface area contributed by atoms with Crippen molar-refractivity contribution in [2.45, 2.75) is 29.6 Å². The number of carbonyl (C=O) groups is 1. The quantitative estimate of drug-likeness (QED) is 0.602. The number of hydrogen-bond acceptors (Lipinski definition) is 7. The van der Waals surface area contributed by atoms with E-state index in [1.807, 2.05) is 0 Å². The Hall–Kier alpha value is -2.34. The van der Waals surface area contributed by atoms with Gasteiger partial charge in [0.05, 0.1) is 20.0 Å². The maximum atomic E-state index is 12.8. The molecule has 31 heavy (non-hydrogen) atoms. The standard InChI is InChI=1S/C20H21N3O5S3/c1-13-5-6-14(30(2,25)26)11-16(13)19(24)22-20-21-17-8-7-15(12-18(17)29-20)31(27,28)23-9-3-4-10-23/h5-8,11-12H,3-4,9-10H2,1-2H3,(H,21,22,24). The van der Waals surface area contributed by atoms with Gasteiger partial charge in [-0.05, 0) is 55.7 Å². The van der Waals surface area contributed by atoms with Gasteiger partial charge < -0.3 is 0 Å². The zero-order valence-corrected chi connectivity index (χ0v) is 19.4. The van der Waals surface area contributed by atoms with E-state index in [1.165, 1.54) is 22.5 Å². The number of anilines is 1. The average Bonchev–Trinajstić information content (AvgIpc) is 3.36. The number of rotatable bonds is 5. The van der Waals surface area contributed by atoms with E-state index in [2.05, 4.69) is 10.3 Å². The Kier molecular flexibility index (Phi) is 5.63. The first-order valence-corrected chi connectivity index (χ1v) is 13.7. The number of amides is 1. The summed E-state index contributed by atoms with van der Waals surface area (Å²) in [5.41, 5.74) is 1.44. The Morgan fingerprint density at radius 1 is 1.03 bits per heavy atom. The predicted octanol–water partition coefficient (Wildman–Crippen LogP) is 3.05. The molecule has 2 aromatic carbocycles. The number of benzene rings is 2. The molecule has 1 amide bonds. The molecule has 1 saturated heterocycles. The minimum Gasteiger partial charge on any atom is -0.298 e. The molecule has 0 bridgehead atoms. The second kappa shape index (κ2) is 7.97. The van der Waals surface area contributed by atoms with Crippen LogP contribution in [0.3, 0.4) is 0 Å². The molecule has 2 heterocycles. The normalized spacial score (nSPS) is 15.4. The molecule has 1 aromatic heterocycles. The zero-order chi connectivity index (χ0) is 22.4. The van der Waals surface area contributed by atoms with Gasteiger partial charge in [-0.15, -0.1) is 0 Å². The summed E-state index contributed by atoms with van der Waals surface area (Å²) in [6, 6.07) is 9.11. The molecular weight excluding hydrogens is 458 g/mol. The summed E-state index contributed by atoms with van der Waals surface area (Å²) in [5.74, 6) is -0.480. The fourth-order valence-electron chi connectivity index (χ4n) is 3.44. The van der Waals surface area contributed by atoms with Crippen molar-refractivity contribution >= 4 is 52.5 Å². The molecule has 1 aliphatic heterocycles. The first-order chi connectivity index (χ1) is 14.6. The van der Waals surface area contributed by atoms with Crippen LogP contribution in [0.2, 0.25) is 0 Å². The minimum absolute atomic E-state index is 0.0595. The number of sulfonamides is 1. The van der Waals surface area contributed by atoms with Gasteiger partial charge in [0.2, 0.25) is 10.0 Å². The maximum Gasteiger partial charge on any atom is 0.257 e. The Balaban J connectivity index is 1.62. The Morgan fingerprint density at radius 3 is 2.39 bits per heavy atom. The molecule has 1 aliphatic rings. The van der Waals surface area contributed by atoms with E-state index >= 15 is 0 Å². The van der Waals surface area contributed by atoms with Crippen LogP contribution >= 0.6 is 11.3 Å². The van der Waals surface area contributed by atoms with Crippen molar-refractivity contribution in [1.29, 1.82) is 0 Å². The number of thiazole rings is 1. The van der Waals surface area contributed by atoms with Crippen LogP contribution in [0.5, 0.6) is 0 Å². The highest BCUT2D eigenvalue weighted by atomic mass is 32.2.